The highest BCUT2D eigenvalue weighted by molar-refractivity contribution is 6.76. The minimum Gasteiger partial charge on any atom is -0.312 e. The lowest BCUT2D eigenvalue weighted by atomic mass is 11.0. The van der Waals surface area contributed by atoms with Crippen molar-refractivity contribution in [2.75, 3.05) is 20.3 Å². The zero-order valence-electron chi connectivity index (χ0n) is 7.06. The summed E-state index contributed by atoms with van der Waals surface area (Å²) >= 11 is 0. The minimum atomic E-state index is -0.794. The van der Waals surface area contributed by atoms with Crippen molar-refractivity contribution in [3.63, 3.8) is 0 Å². The number of hydrogen-bond donors (Lipinski definition) is 0. The van der Waals surface area contributed by atoms with E-state index in [0.717, 1.165) is 0 Å². The van der Waals surface area contributed by atoms with Gasteiger partial charge >= 0.3 is 0 Å². The fourth-order valence-corrected chi connectivity index (χ4v) is 2.85. The molecule has 58 valence electrons. The highest BCUT2D eigenvalue weighted by atomic mass is 35.5. The molecule has 0 aliphatic heterocycles. The van der Waals surface area contributed by atoms with Gasteiger partial charge in [-0.3, -0.25) is 0 Å². The Morgan fingerprint density at radius 3 is 1.44 bits per heavy atom. The summed E-state index contributed by atoms with van der Waals surface area (Å²) in [4.78, 5) is 2.27. The molecule has 0 spiro atoms. The Kier molecular flexibility index (Phi) is 5.83. The van der Waals surface area contributed by atoms with Gasteiger partial charge < -0.3 is 4.90 Å². The van der Waals surface area contributed by atoms with Crippen molar-refractivity contribution in [3.05, 3.63) is 0 Å². The van der Waals surface area contributed by atoms with Crippen molar-refractivity contribution in [1.82, 2.24) is 4.90 Å². The zero-order chi connectivity index (χ0) is 6.78. The molecule has 0 heterocycles. The Balaban J connectivity index is 0. The molecular weight excluding hydrogens is 150 g/mol. The monoisotopic (exact) mass is 167 g/mol. The van der Waals surface area contributed by atoms with Gasteiger partial charge in [0.05, 0.1) is 8.07 Å². The van der Waals surface area contributed by atoms with Crippen molar-refractivity contribution >= 4 is 20.5 Å². The van der Waals surface area contributed by atoms with Crippen molar-refractivity contribution in [1.29, 1.82) is 0 Å². The van der Waals surface area contributed by atoms with Gasteiger partial charge in [0, 0.05) is 0 Å². The maximum Gasteiger partial charge on any atom is 0.0599 e. The third-order valence-corrected chi connectivity index (χ3v) is 2.37. The van der Waals surface area contributed by atoms with Gasteiger partial charge in [0.15, 0.2) is 0 Å². The summed E-state index contributed by atoms with van der Waals surface area (Å²) in [6.45, 7) is 7.15. The second-order valence-corrected chi connectivity index (χ2v) is 9.24. The summed E-state index contributed by atoms with van der Waals surface area (Å²) < 4.78 is 0. The first-order valence-corrected chi connectivity index (χ1v) is 6.77. The van der Waals surface area contributed by atoms with E-state index < -0.39 is 8.07 Å². The summed E-state index contributed by atoms with van der Waals surface area (Å²) in [5, 5.41) is 0. The van der Waals surface area contributed by atoms with Crippen LogP contribution in [0.3, 0.4) is 0 Å². The fraction of sp³-hybridized carbons (Fsp3) is 1.00. The van der Waals surface area contributed by atoms with E-state index >= 15 is 0 Å². The van der Waals surface area contributed by atoms with Crippen LogP contribution in [0.1, 0.15) is 0 Å². The first kappa shape index (κ1) is 12.2. The Morgan fingerprint density at radius 2 is 1.44 bits per heavy atom. The number of halogens is 1. The van der Waals surface area contributed by atoms with Crippen molar-refractivity contribution in [3.8, 4) is 0 Å². The first-order chi connectivity index (χ1) is 3.42. The molecule has 0 aromatic heterocycles. The van der Waals surface area contributed by atoms with Crippen LogP contribution < -0.4 is 0 Å². The van der Waals surface area contributed by atoms with Crippen LogP contribution in [0.25, 0.3) is 0 Å². The summed E-state index contributed by atoms with van der Waals surface area (Å²) in [7, 11) is 3.48. The molecule has 9 heavy (non-hydrogen) atoms. The number of hydrogen-bond acceptors (Lipinski definition) is 1. The summed E-state index contributed by atoms with van der Waals surface area (Å²) in [6.07, 6.45) is 1.30. The Labute approximate surface area is 65.9 Å². The van der Waals surface area contributed by atoms with Crippen molar-refractivity contribution in [2.24, 2.45) is 0 Å². The van der Waals surface area contributed by atoms with Crippen LogP contribution >= 0.6 is 12.4 Å². The minimum absolute atomic E-state index is 0. The molecule has 0 N–H and O–H groups in total. The molecule has 0 aliphatic rings. The Bertz CT molecular complexity index is 67.9. The molecule has 0 rings (SSSR count). The molecule has 3 heteroatoms. The van der Waals surface area contributed by atoms with Crippen LogP contribution in [-0.4, -0.2) is 33.2 Å². The quantitative estimate of drug-likeness (QED) is 0.568. The van der Waals surface area contributed by atoms with Crippen LogP contribution in [0.2, 0.25) is 19.6 Å². The van der Waals surface area contributed by atoms with Gasteiger partial charge in [-0.25, -0.2) is 0 Å². The normalized spacial score (nSPS) is 11.3. The summed E-state index contributed by atoms with van der Waals surface area (Å²) in [5.41, 5.74) is 0. The lowest BCUT2D eigenvalue weighted by molar-refractivity contribution is 0.471. The molecule has 0 unspecified atom stereocenters. The van der Waals surface area contributed by atoms with Gasteiger partial charge in [-0.2, -0.15) is 0 Å². The van der Waals surface area contributed by atoms with E-state index in [1.807, 2.05) is 0 Å². The molecule has 0 aromatic rings. The average molecular weight is 168 g/mol. The smallest absolute Gasteiger partial charge is 0.0599 e. The molecule has 0 saturated heterocycles. The topological polar surface area (TPSA) is 3.24 Å². The molecule has 0 bridgehead atoms. The van der Waals surface area contributed by atoms with Gasteiger partial charge in [-0.1, -0.05) is 19.6 Å². The van der Waals surface area contributed by atoms with Gasteiger partial charge in [0.1, 0.15) is 0 Å². The molecule has 0 amide bonds. The third kappa shape index (κ3) is 11.8. The van der Waals surface area contributed by atoms with Crippen LogP contribution in [0.4, 0.5) is 0 Å². The highest BCUT2D eigenvalue weighted by Gasteiger charge is 2.12. The van der Waals surface area contributed by atoms with Gasteiger partial charge in [0.25, 0.3) is 0 Å². The van der Waals surface area contributed by atoms with Gasteiger partial charge in [0.2, 0.25) is 0 Å². The Morgan fingerprint density at radius 1 is 1.11 bits per heavy atom. The van der Waals surface area contributed by atoms with Gasteiger partial charge in [-0.15, -0.1) is 12.4 Å². The van der Waals surface area contributed by atoms with E-state index in [9.17, 15) is 0 Å². The van der Waals surface area contributed by atoms with E-state index in [2.05, 4.69) is 38.6 Å². The standard InChI is InChI=1S/C6H17NSi.ClH/c1-7(2)6-8(3,4)5;/h6H2,1-5H3;1H. The second-order valence-electron chi connectivity index (χ2n) is 3.80. The second kappa shape index (κ2) is 4.31. The zero-order valence-corrected chi connectivity index (χ0v) is 8.88. The molecular formula is C6H18ClNSi. The fourth-order valence-electron chi connectivity index (χ4n) is 0.949. The summed E-state index contributed by atoms with van der Waals surface area (Å²) in [6, 6.07) is 0. The average Bonchev–Trinajstić information content (AvgIpc) is 1.21. The van der Waals surface area contributed by atoms with E-state index in [1.54, 1.807) is 0 Å². The van der Waals surface area contributed by atoms with Crippen molar-refractivity contribution < 1.29 is 0 Å². The maximum absolute atomic E-state index is 2.38. The summed E-state index contributed by atoms with van der Waals surface area (Å²) in [5.74, 6) is 0. The predicted octanol–water partition coefficient (Wildman–Crippen LogP) is 1.85. The number of rotatable bonds is 2. The molecule has 0 aliphatic carbocycles. The van der Waals surface area contributed by atoms with Gasteiger partial charge in [-0.05, 0) is 20.3 Å². The Hall–Kier alpha value is 0.467. The van der Waals surface area contributed by atoms with Crippen LogP contribution in [0.5, 0.6) is 0 Å². The van der Waals surface area contributed by atoms with Crippen molar-refractivity contribution in [2.45, 2.75) is 19.6 Å². The molecule has 0 radical (unpaired) electrons. The molecule has 1 nitrogen and oxygen atoms in total. The first-order valence-electron chi connectivity index (χ1n) is 3.06. The molecule has 0 atom stereocenters. The maximum atomic E-state index is 2.38. The highest BCUT2D eigenvalue weighted by Crippen LogP contribution is 1.99. The van der Waals surface area contributed by atoms with Crippen LogP contribution in [0, 0.1) is 0 Å². The lowest BCUT2D eigenvalue weighted by Gasteiger charge is -2.20. The largest absolute Gasteiger partial charge is 0.312 e. The lowest BCUT2D eigenvalue weighted by Crippen LogP contribution is -2.35. The van der Waals surface area contributed by atoms with Crippen LogP contribution in [-0.2, 0) is 0 Å². The molecule has 0 fully saturated rings. The van der Waals surface area contributed by atoms with E-state index in [4.69, 9.17) is 0 Å². The SMILES string of the molecule is CN(C)C[Si](C)(C)C.Cl. The molecule has 0 aromatic carbocycles. The van der Waals surface area contributed by atoms with Crippen LogP contribution in [0.15, 0.2) is 0 Å². The molecule has 0 saturated carbocycles. The van der Waals surface area contributed by atoms with E-state index in [0.29, 0.717) is 0 Å². The van der Waals surface area contributed by atoms with E-state index in [1.165, 1.54) is 6.17 Å². The van der Waals surface area contributed by atoms with E-state index in [-0.39, 0.29) is 12.4 Å². The number of nitrogens with zero attached hydrogens (tertiary/aromatic N) is 1. The third-order valence-electron chi connectivity index (χ3n) is 0.791. The predicted molar refractivity (Wildman–Crippen MR) is 49.1 cm³/mol.